The number of rotatable bonds is 0. The van der Waals surface area contributed by atoms with Gasteiger partial charge in [0.05, 0.1) is 0 Å². The van der Waals surface area contributed by atoms with Gasteiger partial charge in [0.2, 0.25) is 23.1 Å². The van der Waals surface area contributed by atoms with Gasteiger partial charge in [-0.2, -0.15) is 0 Å². The molecule has 0 amide bonds. The van der Waals surface area contributed by atoms with Gasteiger partial charge in [-0.3, -0.25) is 19.2 Å². The van der Waals surface area contributed by atoms with E-state index in [1.807, 2.05) is 0 Å². The number of ketones is 4. The average Bonchev–Trinajstić information content (AvgIpc) is 2.78. The molecule has 2 aliphatic carbocycles. The molecule has 0 saturated carbocycles. The molecule has 2 aromatic rings. The minimum atomic E-state index is -0.733. The summed E-state index contributed by atoms with van der Waals surface area (Å²) in [5, 5.41) is 40.3. The Balaban J connectivity index is 0.000000491. The molecule has 33 heavy (non-hydrogen) atoms. The molecule has 8 nitrogen and oxygen atoms in total. The van der Waals surface area contributed by atoms with Crippen LogP contribution in [-0.2, 0) is 31.3 Å². The Morgan fingerprint density at radius 2 is 0.818 bits per heavy atom. The predicted octanol–water partition coefficient (Wildman–Crippen LogP) is -0.963. The number of hydrogen-bond donors (Lipinski definition) is 0. The Kier molecular flexibility index (Phi) is 13.4. The number of carbonyl (C=O) groups excluding carboxylic acids is 4. The van der Waals surface area contributed by atoms with E-state index in [2.05, 4.69) is 0 Å². The van der Waals surface area contributed by atoms with Gasteiger partial charge in [0.25, 0.3) is 0 Å². The summed E-state index contributed by atoms with van der Waals surface area (Å²) in [7, 11) is 0. The molecular formula is C24H20O8Ti-4. The van der Waals surface area contributed by atoms with Crippen molar-refractivity contribution in [2.75, 3.05) is 13.2 Å². The van der Waals surface area contributed by atoms with E-state index in [9.17, 15) is 29.4 Å². The van der Waals surface area contributed by atoms with E-state index in [0.717, 1.165) is 12.2 Å². The van der Waals surface area contributed by atoms with Gasteiger partial charge in [-0.15, -0.1) is 13.2 Å². The topological polar surface area (TPSA) is 161 Å². The van der Waals surface area contributed by atoms with Crippen molar-refractivity contribution in [3.8, 4) is 0 Å². The fourth-order valence-corrected chi connectivity index (χ4v) is 2.58. The maximum absolute atomic E-state index is 11.2. The Morgan fingerprint density at radius 1 is 0.576 bits per heavy atom. The number of hydrogen-bond acceptors (Lipinski definition) is 8. The Morgan fingerprint density at radius 3 is 1.09 bits per heavy atom. The molecule has 172 valence electrons. The first kappa shape index (κ1) is 29.8. The van der Waals surface area contributed by atoms with E-state index in [4.69, 9.17) is 10.2 Å². The van der Waals surface area contributed by atoms with Gasteiger partial charge in [-0.1, -0.05) is 73.9 Å². The quantitative estimate of drug-likeness (QED) is 0.341. The Bertz CT molecular complexity index is 984. The number of Topliss-reactive ketones (excluding diaryl/α,β-unsaturated/α-hetero) is 2. The van der Waals surface area contributed by atoms with Crippen LogP contribution in [0.2, 0.25) is 0 Å². The van der Waals surface area contributed by atoms with Crippen LogP contribution in [0.4, 0.5) is 0 Å². The van der Waals surface area contributed by atoms with E-state index in [1.165, 1.54) is 12.1 Å². The summed E-state index contributed by atoms with van der Waals surface area (Å²) >= 11 is 0. The van der Waals surface area contributed by atoms with Gasteiger partial charge < -0.3 is 20.4 Å². The van der Waals surface area contributed by atoms with Crippen LogP contribution in [0, 0.1) is 0 Å². The average molecular weight is 484 g/mol. The third-order valence-electron chi connectivity index (χ3n) is 3.85. The summed E-state index contributed by atoms with van der Waals surface area (Å²) in [5.74, 6) is -3.45. The molecular weight excluding hydrogens is 464 g/mol. The van der Waals surface area contributed by atoms with E-state index < -0.39 is 23.1 Å². The third kappa shape index (κ3) is 8.03. The van der Waals surface area contributed by atoms with Gasteiger partial charge in [-0.05, 0) is 23.3 Å². The van der Waals surface area contributed by atoms with Crippen molar-refractivity contribution < 1.29 is 61.3 Å². The van der Waals surface area contributed by atoms with Crippen molar-refractivity contribution in [1.29, 1.82) is 0 Å². The molecule has 0 aliphatic heterocycles. The summed E-state index contributed by atoms with van der Waals surface area (Å²) in [5.41, 5.74) is 1.04. The molecule has 0 saturated heterocycles. The fraction of sp³-hybridized carbons (Fsp3) is 0.167. The second kappa shape index (κ2) is 14.8. The monoisotopic (exact) mass is 484 g/mol. The van der Waals surface area contributed by atoms with Crippen LogP contribution in [0.25, 0.3) is 11.5 Å². The first-order valence-corrected chi connectivity index (χ1v) is 9.53. The molecule has 0 spiro atoms. The molecule has 0 heterocycles. The summed E-state index contributed by atoms with van der Waals surface area (Å²) < 4.78 is 0. The Hall–Kier alpha value is -3.17. The summed E-state index contributed by atoms with van der Waals surface area (Å²) in [4.78, 5) is 44.3. The normalized spacial score (nSPS) is 13.1. The first-order chi connectivity index (χ1) is 15.2. The van der Waals surface area contributed by atoms with Crippen molar-refractivity contribution in [3.05, 3.63) is 82.9 Å². The van der Waals surface area contributed by atoms with Gasteiger partial charge >= 0.3 is 0 Å². The maximum Gasteiger partial charge on any atom is 0.233 e. The van der Waals surface area contributed by atoms with Gasteiger partial charge in [0, 0.05) is 32.8 Å². The predicted molar refractivity (Wildman–Crippen MR) is 109 cm³/mol. The van der Waals surface area contributed by atoms with Crippen molar-refractivity contribution >= 4 is 34.7 Å². The molecule has 9 heteroatoms. The number of fused-ring (bicyclic) bond motifs is 2. The van der Waals surface area contributed by atoms with Crippen molar-refractivity contribution in [1.82, 2.24) is 0 Å². The summed E-state index contributed by atoms with van der Waals surface area (Å²) in [6, 6.07) is 12.6. The number of allylic oxidation sites excluding steroid dienone is 2. The molecule has 0 atom stereocenters. The fourth-order valence-electron chi connectivity index (χ4n) is 2.58. The number of carbonyl (C=O) groups is 4. The first-order valence-electron chi connectivity index (χ1n) is 9.53. The maximum atomic E-state index is 11.2. The number of benzene rings is 2. The molecule has 2 aliphatic rings. The minimum Gasteiger partial charge on any atom is -0.872 e. The largest absolute Gasteiger partial charge is 0.872 e. The second-order valence-electron chi connectivity index (χ2n) is 6.07. The van der Waals surface area contributed by atoms with Crippen LogP contribution >= 0.6 is 0 Å². The molecule has 4 rings (SSSR count). The van der Waals surface area contributed by atoms with Gasteiger partial charge in [-0.25, -0.2) is 0 Å². The molecule has 0 radical (unpaired) electrons. The van der Waals surface area contributed by atoms with Crippen LogP contribution in [0.5, 0.6) is 0 Å². The van der Waals surface area contributed by atoms with Crippen molar-refractivity contribution in [3.63, 3.8) is 0 Å². The van der Waals surface area contributed by atoms with Crippen molar-refractivity contribution in [2.45, 2.75) is 13.8 Å². The molecule has 0 unspecified atom stereocenters. The summed E-state index contributed by atoms with van der Waals surface area (Å²) in [6.07, 6.45) is 1.68. The SMILES string of the molecule is CC[O-].CC[O-].O=C1C=C([O-])c2ccccc2C1=O.O=C1C=C([O-])c2ccccc2C1=O.[Ti]. The minimum absolute atomic E-state index is 0. The van der Waals surface area contributed by atoms with Gasteiger partial charge in [0.1, 0.15) is 0 Å². The van der Waals surface area contributed by atoms with E-state index in [0.29, 0.717) is 11.1 Å². The Labute approximate surface area is 205 Å². The zero-order valence-electron chi connectivity index (χ0n) is 18.0. The van der Waals surface area contributed by atoms with Crippen LogP contribution in [0.3, 0.4) is 0 Å². The second-order valence-corrected chi connectivity index (χ2v) is 6.07. The third-order valence-corrected chi connectivity index (χ3v) is 3.85. The standard InChI is InChI=1S/2C10H6O3.2C2H5O.Ti/c2*11-8-5-9(12)10(13)7-4-2-1-3-6(7)8;2*1-2-3;/h2*1-5,11H;2*2H2,1H3;/q;;2*-1;/p-2. The van der Waals surface area contributed by atoms with E-state index in [1.54, 1.807) is 50.2 Å². The smallest absolute Gasteiger partial charge is 0.233 e. The summed E-state index contributed by atoms with van der Waals surface area (Å²) in [6.45, 7) is 3.14. The van der Waals surface area contributed by atoms with Crippen LogP contribution in [0.15, 0.2) is 60.7 Å². The van der Waals surface area contributed by atoms with Crippen LogP contribution < -0.4 is 20.4 Å². The van der Waals surface area contributed by atoms with Crippen LogP contribution in [0.1, 0.15) is 45.7 Å². The zero-order chi connectivity index (χ0) is 24.3. The molecule has 0 N–H and O–H groups in total. The zero-order valence-corrected chi connectivity index (χ0v) is 19.5. The van der Waals surface area contributed by atoms with E-state index >= 15 is 0 Å². The molecule has 0 aromatic heterocycles. The van der Waals surface area contributed by atoms with Crippen molar-refractivity contribution in [2.24, 2.45) is 0 Å². The molecule has 0 fully saturated rings. The van der Waals surface area contributed by atoms with Crippen LogP contribution in [-0.4, -0.2) is 36.3 Å². The van der Waals surface area contributed by atoms with E-state index in [-0.39, 0.29) is 57.6 Å². The molecule has 0 bridgehead atoms. The van der Waals surface area contributed by atoms with Gasteiger partial charge in [0.15, 0.2) is 0 Å². The molecule has 2 aromatic carbocycles.